The molecular formula is C14H21NO. The van der Waals surface area contributed by atoms with Gasteiger partial charge in [-0.25, -0.2) is 0 Å². The number of hydrogen-bond donors (Lipinski definition) is 2. The number of aryl methyl sites for hydroxylation is 1. The smallest absolute Gasteiger partial charge is 0.0897 e. The van der Waals surface area contributed by atoms with E-state index in [1.165, 1.54) is 5.56 Å². The van der Waals surface area contributed by atoms with Crippen LogP contribution in [-0.2, 0) is 5.60 Å². The SMILES string of the molecule is Cc1cccc(C(C)(O)C2CCNCC2)c1. The molecule has 2 nitrogen and oxygen atoms in total. The Morgan fingerprint density at radius 1 is 1.31 bits per heavy atom. The molecule has 1 atom stereocenters. The molecule has 0 aliphatic carbocycles. The van der Waals surface area contributed by atoms with Crippen molar-refractivity contribution in [2.75, 3.05) is 13.1 Å². The average Bonchev–Trinajstić information content (AvgIpc) is 2.30. The van der Waals surface area contributed by atoms with Crippen LogP contribution in [0.2, 0.25) is 0 Å². The molecule has 2 heteroatoms. The molecular weight excluding hydrogens is 198 g/mol. The van der Waals surface area contributed by atoms with Crippen LogP contribution in [0.4, 0.5) is 0 Å². The summed E-state index contributed by atoms with van der Waals surface area (Å²) in [5.41, 5.74) is 1.58. The molecule has 0 bridgehead atoms. The van der Waals surface area contributed by atoms with Gasteiger partial charge in [-0.3, -0.25) is 0 Å². The van der Waals surface area contributed by atoms with E-state index < -0.39 is 5.60 Å². The van der Waals surface area contributed by atoms with Crippen molar-refractivity contribution < 1.29 is 5.11 Å². The molecule has 1 aliphatic rings. The molecule has 1 aromatic carbocycles. The monoisotopic (exact) mass is 219 g/mol. The zero-order valence-corrected chi connectivity index (χ0v) is 10.2. The fraction of sp³-hybridized carbons (Fsp3) is 0.571. The van der Waals surface area contributed by atoms with E-state index in [0.29, 0.717) is 5.92 Å². The average molecular weight is 219 g/mol. The van der Waals surface area contributed by atoms with Gasteiger partial charge in [-0.15, -0.1) is 0 Å². The number of hydrogen-bond acceptors (Lipinski definition) is 2. The maximum absolute atomic E-state index is 10.7. The first-order chi connectivity index (χ1) is 7.60. The van der Waals surface area contributed by atoms with E-state index in [4.69, 9.17) is 0 Å². The van der Waals surface area contributed by atoms with Crippen LogP contribution in [0.15, 0.2) is 24.3 Å². The van der Waals surface area contributed by atoms with Crippen molar-refractivity contribution in [2.24, 2.45) is 5.92 Å². The third kappa shape index (κ3) is 2.28. The molecule has 0 aromatic heterocycles. The molecule has 1 aliphatic heterocycles. The summed E-state index contributed by atoms with van der Waals surface area (Å²) in [6.07, 6.45) is 2.11. The zero-order valence-electron chi connectivity index (χ0n) is 10.2. The largest absolute Gasteiger partial charge is 0.385 e. The van der Waals surface area contributed by atoms with E-state index in [-0.39, 0.29) is 0 Å². The summed E-state index contributed by atoms with van der Waals surface area (Å²) in [6, 6.07) is 8.24. The van der Waals surface area contributed by atoms with Gasteiger partial charge in [0.2, 0.25) is 0 Å². The number of piperidine rings is 1. The summed E-state index contributed by atoms with van der Waals surface area (Å²) >= 11 is 0. The third-order valence-corrected chi connectivity index (χ3v) is 3.74. The zero-order chi connectivity index (χ0) is 11.6. The first kappa shape index (κ1) is 11.6. The summed E-state index contributed by atoms with van der Waals surface area (Å²) in [5.74, 6) is 0.371. The summed E-state index contributed by atoms with van der Waals surface area (Å²) in [7, 11) is 0. The molecule has 1 aromatic rings. The van der Waals surface area contributed by atoms with E-state index in [2.05, 4.69) is 24.4 Å². The standard InChI is InChI=1S/C14H21NO/c1-11-4-3-5-13(10-11)14(2,16)12-6-8-15-9-7-12/h3-5,10,12,15-16H,6-9H2,1-2H3. The maximum Gasteiger partial charge on any atom is 0.0897 e. The molecule has 1 heterocycles. The van der Waals surface area contributed by atoms with Gasteiger partial charge >= 0.3 is 0 Å². The second-order valence-corrected chi connectivity index (χ2v) is 5.04. The predicted molar refractivity (Wildman–Crippen MR) is 66.3 cm³/mol. The molecule has 0 spiro atoms. The minimum absolute atomic E-state index is 0.371. The lowest BCUT2D eigenvalue weighted by Crippen LogP contribution is -2.39. The van der Waals surface area contributed by atoms with Crippen molar-refractivity contribution in [1.82, 2.24) is 5.32 Å². The van der Waals surface area contributed by atoms with Crippen LogP contribution < -0.4 is 5.32 Å². The number of benzene rings is 1. The van der Waals surface area contributed by atoms with E-state index in [1.54, 1.807) is 0 Å². The van der Waals surface area contributed by atoms with Crippen LogP contribution in [0.3, 0.4) is 0 Å². The van der Waals surface area contributed by atoms with Crippen LogP contribution in [0.1, 0.15) is 30.9 Å². The van der Waals surface area contributed by atoms with Crippen LogP contribution in [0.25, 0.3) is 0 Å². The molecule has 0 radical (unpaired) electrons. The normalized spacial score (nSPS) is 21.7. The second-order valence-electron chi connectivity index (χ2n) is 5.04. The van der Waals surface area contributed by atoms with Crippen LogP contribution >= 0.6 is 0 Å². The summed E-state index contributed by atoms with van der Waals surface area (Å²) in [5, 5.41) is 14.0. The number of nitrogens with one attached hydrogen (secondary N) is 1. The number of rotatable bonds is 2. The van der Waals surface area contributed by atoms with Gasteiger partial charge in [0.15, 0.2) is 0 Å². The van der Waals surface area contributed by atoms with Crippen molar-refractivity contribution in [2.45, 2.75) is 32.3 Å². The Bertz CT molecular complexity index is 354. The van der Waals surface area contributed by atoms with Crippen molar-refractivity contribution in [3.8, 4) is 0 Å². The van der Waals surface area contributed by atoms with Crippen molar-refractivity contribution in [1.29, 1.82) is 0 Å². The van der Waals surface area contributed by atoms with Crippen molar-refractivity contribution >= 4 is 0 Å². The lowest BCUT2D eigenvalue weighted by Gasteiger charge is -2.36. The molecule has 2 N–H and O–H groups in total. The first-order valence-corrected chi connectivity index (χ1v) is 6.11. The molecule has 2 rings (SSSR count). The van der Waals surface area contributed by atoms with Gasteiger partial charge in [0.25, 0.3) is 0 Å². The molecule has 0 amide bonds. The molecule has 88 valence electrons. The molecule has 1 fully saturated rings. The third-order valence-electron chi connectivity index (χ3n) is 3.74. The van der Waals surface area contributed by atoms with Gasteiger partial charge in [0.05, 0.1) is 5.60 Å². The van der Waals surface area contributed by atoms with E-state index >= 15 is 0 Å². The molecule has 1 unspecified atom stereocenters. The lowest BCUT2D eigenvalue weighted by atomic mass is 9.77. The van der Waals surface area contributed by atoms with Gasteiger partial charge in [-0.05, 0) is 51.3 Å². The van der Waals surface area contributed by atoms with E-state index in [1.807, 2.05) is 19.1 Å². The van der Waals surface area contributed by atoms with Crippen LogP contribution in [0.5, 0.6) is 0 Å². The van der Waals surface area contributed by atoms with Crippen LogP contribution in [-0.4, -0.2) is 18.2 Å². The molecule has 1 saturated heterocycles. The highest BCUT2D eigenvalue weighted by atomic mass is 16.3. The Balaban J connectivity index is 2.22. The fourth-order valence-electron chi connectivity index (χ4n) is 2.58. The minimum Gasteiger partial charge on any atom is -0.385 e. The van der Waals surface area contributed by atoms with Crippen LogP contribution in [0, 0.1) is 12.8 Å². The Hall–Kier alpha value is -0.860. The predicted octanol–water partition coefficient (Wildman–Crippen LogP) is 2.20. The van der Waals surface area contributed by atoms with Crippen molar-refractivity contribution in [3.05, 3.63) is 35.4 Å². The van der Waals surface area contributed by atoms with Gasteiger partial charge in [-0.1, -0.05) is 29.8 Å². The Labute approximate surface area is 97.7 Å². The molecule has 16 heavy (non-hydrogen) atoms. The highest BCUT2D eigenvalue weighted by Gasteiger charge is 2.34. The molecule has 0 saturated carbocycles. The number of aliphatic hydroxyl groups is 1. The second kappa shape index (κ2) is 4.56. The Kier molecular flexibility index (Phi) is 3.31. The van der Waals surface area contributed by atoms with Gasteiger partial charge in [-0.2, -0.15) is 0 Å². The van der Waals surface area contributed by atoms with Crippen molar-refractivity contribution in [3.63, 3.8) is 0 Å². The summed E-state index contributed by atoms with van der Waals surface area (Å²) < 4.78 is 0. The summed E-state index contributed by atoms with van der Waals surface area (Å²) in [6.45, 7) is 6.07. The first-order valence-electron chi connectivity index (χ1n) is 6.11. The van der Waals surface area contributed by atoms with Gasteiger partial charge in [0, 0.05) is 0 Å². The van der Waals surface area contributed by atoms with E-state index in [9.17, 15) is 5.11 Å². The Morgan fingerprint density at radius 3 is 2.62 bits per heavy atom. The van der Waals surface area contributed by atoms with E-state index in [0.717, 1.165) is 31.5 Å². The summed E-state index contributed by atoms with van der Waals surface area (Å²) in [4.78, 5) is 0. The Morgan fingerprint density at radius 2 is 2.00 bits per heavy atom. The highest BCUT2D eigenvalue weighted by Crippen LogP contribution is 2.34. The maximum atomic E-state index is 10.7. The quantitative estimate of drug-likeness (QED) is 0.799. The topological polar surface area (TPSA) is 32.3 Å². The minimum atomic E-state index is -0.686. The van der Waals surface area contributed by atoms with Gasteiger partial charge < -0.3 is 10.4 Å². The lowest BCUT2D eigenvalue weighted by molar-refractivity contribution is -0.0186. The van der Waals surface area contributed by atoms with Gasteiger partial charge in [0.1, 0.15) is 0 Å². The highest BCUT2D eigenvalue weighted by molar-refractivity contribution is 5.27. The fourth-order valence-corrected chi connectivity index (χ4v) is 2.58.